The van der Waals surface area contributed by atoms with E-state index in [4.69, 9.17) is 23.2 Å². The smallest absolute Gasteiger partial charge is 0.244 e. The molecule has 0 saturated heterocycles. The number of hydrogen-bond donors (Lipinski definition) is 0. The Kier molecular flexibility index (Phi) is 1.45. The monoisotopic (exact) mass is 151 g/mol. The quantitative estimate of drug-likeness (QED) is 0.569. The van der Waals surface area contributed by atoms with Gasteiger partial charge in [-0.3, -0.25) is 0 Å². The molecule has 0 aliphatic heterocycles. The number of halogens is 2. The summed E-state index contributed by atoms with van der Waals surface area (Å²) < 4.78 is 4.48. The van der Waals surface area contributed by atoms with Crippen molar-refractivity contribution in [2.45, 2.75) is 6.92 Å². The molecular weight excluding hydrogens is 149 g/mol. The number of rotatable bonds is 0. The average molecular weight is 152 g/mol. The van der Waals surface area contributed by atoms with Gasteiger partial charge in [0.1, 0.15) is 10.7 Å². The van der Waals surface area contributed by atoms with Gasteiger partial charge in [-0.05, 0) is 18.5 Å². The zero-order chi connectivity index (χ0) is 6.15. The van der Waals surface area contributed by atoms with Gasteiger partial charge in [0.05, 0.1) is 0 Å². The zero-order valence-corrected chi connectivity index (χ0v) is 5.62. The standard InChI is InChI=1S/C4H3Cl2NO/c1-2-3(5)4(6)8-7-2/h1H3. The van der Waals surface area contributed by atoms with Crippen molar-refractivity contribution in [1.82, 2.24) is 5.16 Å². The Labute approximate surface area is 56.4 Å². The first-order chi connectivity index (χ1) is 3.72. The fourth-order valence-corrected chi connectivity index (χ4v) is 0.571. The minimum Gasteiger partial charge on any atom is -0.342 e. The molecule has 0 bridgehead atoms. The van der Waals surface area contributed by atoms with Gasteiger partial charge in [-0.25, -0.2) is 0 Å². The summed E-state index contributed by atoms with van der Waals surface area (Å²) in [7, 11) is 0. The van der Waals surface area contributed by atoms with Crippen molar-refractivity contribution in [1.29, 1.82) is 0 Å². The van der Waals surface area contributed by atoms with E-state index in [2.05, 4.69) is 9.68 Å². The largest absolute Gasteiger partial charge is 0.342 e. The van der Waals surface area contributed by atoms with Crippen LogP contribution >= 0.6 is 23.2 Å². The second kappa shape index (κ2) is 1.96. The minimum atomic E-state index is 0.157. The molecule has 44 valence electrons. The van der Waals surface area contributed by atoms with Crippen LogP contribution in [-0.4, -0.2) is 5.16 Å². The molecule has 4 heteroatoms. The van der Waals surface area contributed by atoms with Crippen LogP contribution < -0.4 is 0 Å². The van der Waals surface area contributed by atoms with Crippen LogP contribution in [0.2, 0.25) is 10.2 Å². The van der Waals surface area contributed by atoms with Gasteiger partial charge in [0.15, 0.2) is 0 Å². The first kappa shape index (κ1) is 5.92. The van der Waals surface area contributed by atoms with Crippen molar-refractivity contribution < 1.29 is 4.52 Å². The van der Waals surface area contributed by atoms with Crippen LogP contribution in [0.25, 0.3) is 0 Å². The van der Waals surface area contributed by atoms with Crippen molar-refractivity contribution in [2.75, 3.05) is 0 Å². The highest BCUT2D eigenvalue weighted by atomic mass is 35.5. The molecule has 1 rings (SSSR count). The molecule has 1 aromatic heterocycles. The third-order valence-corrected chi connectivity index (χ3v) is 1.55. The van der Waals surface area contributed by atoms with E-state index in [0.29, 0.717) is 10.7 Å². The molecule has 0 radical (unpaired) electrons. The van der Waals surface area contributed by atoms with Crippen molar-refractivity contribution >= 4 is 23.2 Å². The first-order valence-electron chi connectivity index (χ1n) is 1.99. The topological polar surface area (TPSA) is 26.0 Å². The summed E-state index contributed by atoms with van der Waals surface area (Å²) in [6.45, 7) is 1.72. The molecule has 0 amide bonds. The van der Waals surface area contributed by atoms with E-state index >= 15 is 0 Å². The molecule has 1 heterocycles. The average Bonchev–Trinajstić information content (AvgIpc) is 1.98. The predicted molar refractivity (Wildman–Crippen MR) is 31.3 cm³/mol. The maximum atomic E-state index is 5.51. The molecule has 0 saturated carbocycles. The number of aromatic nitrogens is 1. The lowest BCUT2D eigenvalue weighted by Crippen LogP contribution is -1.64. The predicted octanol–water partition coefficient (Wildman–Crippen LogP) is 2.29. The Balaban J connectivity index is 3.19. The summed E-state index contributed by atoms with van der Waals surface area (Å²) in [6.07, 6.45) is 0. The summed E-state index contributed by atoms with van der Waals surface area (Å²) in [5.41, 5.74) is 0.622. The van der Waals surface area contributed by atoms with Crippen LogP contribution in [0.1, 0.15) is 5.69 Å². The molecule has 0 aliphatic carbocycles. The summed E-state index contributed by atoms with van der Waals surface area (Å²) in [5.74, 6) is 0. The highest BCUT2D eigenvalue weighted by Crippen LogP contribution is 2.23. The molecule has 0 unspecified atom stereocenters. The molecule has 0 atom stereocenters. The van der Waals surface area contributed by atoms with Gasteiger partial charge in [0.25, 0.3) is 0 Å². The normalized spacial score (nSPS) is 9.88. The Hall–Kier alpha value is -0.210. The zero-order valence-electron chi connectivity index (χ0n) is 4.11. The second-order valence-corrected chi connectivity index (χ2v) is 2.08. The lowest BCUT2D eigenvalue weighted by Gasteiger charge is -1.75. The van der Waals surface area contributed by atoms with Crippen LogP contribution in [0, 0.1) is 6.92 Å². The number of aryl methyl sites for hydroxylation is 1. The third-order valence-electron chi connectivity index (χ3n) is 0.753. The molecule has 1 aromatic rings. The van der Waals surface area contributed by atoms with Gasteiger partial charge in [-0.2, -0.15) is 0 Å². The van der Waals surface area contributed by atoms with E-state index < -0.39 is 0 Å². The van der Waals surface area contributed by atoms with Crippen LogP contribution in [-0.2, 0) is 0 Å². The Morgan fingerprint density at radius 3 is 2.25 bits per heavy atom. The summed E-state index contributed by atoms with van der Waals surface area (Å²) in [5, 5.41) is 4.03. The molecule has 0 aromatic carbocycles. The molecular formula is C4H3Cl2NO. The first-order valence-corrected chi connectivity index (χ1v) is 2.74. The van der Waals surface area contributed by atoms with Gasteiger partial charge >= 0.3 is 0 Å². The van der Waals surface area contributed by atoms with Crippen molar-refractivity contribution in [3.63, 3.8) is 0 Å². The van der Waals surface area contributed by atoms with E-state index in [0.717, 1.165) is 0 Å². The van der Waals surface area contributed by atoms with E-state index in [1.54, 1.807) is 6.92 Å². The molecule has 2 nitrogen and oxygen atoms in total. The Morgan fingerprint density at radius 2 is 2.12 bits per heavy atom. The van der Waals surface area contributed by atoms with Crippen LogP contribution in [0.15, 0.2) is 4.52 Å². The Morgan fingerprint density at radius 1 is 1.50 bits per heavy atom. The van der Waals surface area contributed by atoms with Crippen molar-refractivity contribution in [2.24, 2.45) is 0 Å². The SMILES string of the molecule is Cc1noc(Cl)c1Cl. The molecule has 0 spiro atoms. The van der Waals surface area contributed by atoms with Crippen LogP contribution in [0.3, 0.4) is 0 Å². The summed E-state index contributed by atoms with van der Waals surface area (Å²) >= 11 is 10.9. The van der Waals surface area contributed by atoms with E-state index in [9.17, 15) is 0 Å². The maximum absolute atomic E-state index is 5.51. The maximum Gasteiger partial charge on any atom is 0.244 e. The summed E-state index contributed by atoms with van der Waals surface area (Å²) in [4.78, 5) is 0. The lowest BCUT2D eigenvalue weighted by molar-refractivity contribution is 0.417. The van der Waals surface area contributed by atoms with Gasteiger partial charge in [-0.1, -0.05) is 16.8 Å². The van der Waals surface area contributed by atoms with Crippen LogP contribution in [0.4, 0.5) is 0 Å². The van der Waals surface area contributed by atoms with E-state index in [-0.39, 0.29) is 5.22 Å². The van der Waals surface area contributed by atoms with E-state index in [1.165, 1.54) is 0 Å². The Bertz CT molecular complexity index is 176. The molecule has 0 aliphatic rings. The van der Waals surface area contributed by atoms with Crippen molar-refractivity contribution in [3.8, 4) is 0 Å². The van der Waals surface area contributed by atoms with Crippen LogP contribution in [0.5, 0.6) is 0 Å². The minimum absolute atomic E-state index is 0.157. The molecule has 8 heavy (non-hydrogen) atoms. The van der Waals surface area contributed by atoms with Crippen molar-refractivity contribution in [3.05, 3.63) is 15.9 Å². The third kappa shape index (κ3) is 0.812. The van der Waals surface area contributed by atoms with Gasteiger partial charge in [0, 0.05) is 0 Å². The van der Waals surface area contributed by atoms with E-state index in [1.807, 2.05) is 0 Å². The summed E-state index contributed by atoms with van der Waals surface area (Å²) in [6, 6.07) is 0. The second-order valence-electron chi connectivity index (χ2n) is 1.36. The molecule has 0 N–H and O–H groups in total. The highest BCUT2D eigenvalue weighted by Gasteiger charge is 2.05. The lowest BCUT2D eigenvalue weighted by atomic mass is 10.5. The fourth-order valence-electron chi connectivity index (χ4n) is 0.331. The highest BCUT2D eigenvalue weighted by molar-refractivity contribution is 6.41. The number of nitrogens with zero attached hydrogens (tertiary/aromatic N) is 1. The van der Waals surface area contributed by atoms with Gasteiger partial charge in [0.2, 0.25) is 5.22 Å². The fraction of sp³-hybridized carbons (Fsp3) is 0.250. The number of hydrogen-bond acceptors (Lipinski definition) is 2. The van der Waals surface area contributed by atoms with Gasteiger partial charge in [-0.15, -0.1) is 0 Å². The molecule has 0 fully saturated rings. The van der Waals surface area contributed by atoms with Gasteiger partial charge < -0.3 is 4.52 Å².